The summed E-state index contributed by atoms with van der Waals surface area (Å²) in [6.07, 6.45) is 5.26. The molecule has 0 atom stereocenters. The van der Waals surface area contributed by atoms with E-state index in [1.807, 2.05) is 12.1 Å². The van der Waals surface area contributed by atoms with Gasteiger partial charge in [0.05, 0.1) is 22.5 Å². The third kappa shape index (κ3) is 5.86. The van der Waals surface area contributed by atoms with Crippen molar-refractivity contribution in [2.75, 3.05) is 36.4 Å². The molecule has 1 aromatic carbocycles. The summed E-state index contributed by atoms with van der Waals surface area (Å²) < 4.78 is 0. The molecule has 1 aliphatic rings. The van der Waals surface area contributed by atoms with E-state index in [9.17, 15) is 9.59 Å². The fourth-order valence-corrected chi connectivity index (χ4v) is 3.75. The van der Waals surface area contributed by atoms with Crippen LogP contribution in [0.3, 0.4) is 0 Å². The normalized spacial score (nSPS) is 14.0. The van der Waals surface area contributed by atoms with Gasteiger partial charge in [-0.2, -0.15) is 0 Å². The lowest BCUT2D eigenvalue weighted by molar-refractivity contribution is -0.116. The highest BCUT2D eigenvalue weighted by Crippen LogP contribution is 2.23. The van der Waals surface area contributed by atoms with Crippen LogP contribution in [0.2, 0.25) is 10.0 Å². The van der Waals surface area contributed by atoms with Crippen LogP contribution in [-0.4, -0.2) is 47.9 Å². The predicted molar refractivity (Wildman–Crippen MR) is 122 cm³/mol. The lowest BCUT2D eigenvalue weighted by atomic mass is 10.1. The Kier molecular flexibility index (Phi) is 7.94. The molecule has 1 N–H and O–H groups in total. The summed E-state index contributed by atoms with van der Waals surface area (Å²) in [7, 11) is 0. The summed E-state index contributed by atoms with van der Waals surface area (Å²) in [6.45, 7) is 4.58. The van der Waals surface area contributed by atoms with Crippen LogP contribution in [-0.2, 0) is 4.79 Å². The SMILES string of the molecule is CCCCCC(=O)Nc1ccc(N2CCN(C(=O)c3cc(Cl)ccc3Cl)CC2)nc1. The molecular weight excluding hydrogens is 423 g/mol. The molecule has 2 aromatic rings. The summed E-state index contributed by atoms with van der Waals surface area (Å²) in [5.74, 6) is 0.730. The molecule has 160 valence electrons. The van der Waals surface area contributed by atoms with E-state index in [1.54, 1.807) is 29.3 Å². The van der Waals surface area contributed by atoms with Gasteiger partial charge >= 0.3 is 0 Å². The minimum Gasteiger partial charge on any atom is -0.353 e. The Morgan fingerprint density at radius 1 is 1.07 bits per heavy atom. The van der Waals surface area contributed by atoms with Crippen molar-refractivity contribution in [3.05, 3.63) is 52.1 Å². The fraction of sp³-hybridized carbons (Fsp3) is 0.409. The molecule has 0 unspecified atom stereocenters. The van der Waals surface area contributed by atoms with Gasteiger partial charge < -0.3 is 15.1 Å². The highest BCUT2D eigenvalue weighted by Gasteiger charge is 2.24. The summed E-state index contributed by atoms with van der Waals surface area (Å²) in [6, 6.07) is 8.68. The smallest absolute Gasteiger partial charge is 0.255 e. The number of hydrogen-bond donors (Lipinski definition) is 1. The molecule has 1 fully saturated rings. The number of pyridine rings is 1. The van der Waals surface area contributed by atoms with E-state index in [1.165, 1.54) is 0 Å². The first-order valence-electron chi connectivity index (χ1n) is 10.2. The van der Waals surface area contributed by atoms with Crippen LogP contribution in [0, 0.1) is 0 Å². The van der Waals surface area contributed by atoms with Gasteiger partial charge in [-0.05, 0) is 36.8 Å². The number of carbonyl (C=O) groups excluding carboxylic acids is 2. The van der Waals surface area contributed by atoms with Crippen molar-refractivity contribution >= 4 is 46.5 Å². The molecule has 0 aliphatic carbocycles. The second-order valence-corrected chi connectivity index (χ2v) is 8.16. The van der Waals surface area contributed by atoms with E-state index in [2.05, 4.69) is 22.1 Å². The Bertz CT molecular complexity index is 881. The first-order valence-corrected chi connectivity index (χ1v) is 11.0. The number of nitrogens with zero attached hydrogens (tertiary/aromatic N) is 3. The molecule has 1 saturated heterocycles. The number of nitrogens with one attached hydrogen (secondary N) is 1. The van der Waals surface area contributed by atoms with Crippen molar-refractivity contribution in [3.8, 4) is 0 Å². The van der Waals surface area contributed by atoms with Gasteiger partial charge in [0.2, 0.25) is 5.91 Å². The third-order valence-electron chi connectivity index (χ3n) is 5.09. The Balaban J connectivity index is 1.53. The third-order valence-corrected chi connectivity index (χ3v) is 5.65. The number of piperazine rings is 1. The number of carbonyl (C=O) groups is 2. The molecule has 8 heteroatoms. The second-order valence-electron chi connectivity index (χ2n) is 7.31. The number of anilines is 2. The number of rotatable bonds is 7. The molecule has 3 rings (SSSR count). The van der Waals surface area contributed by atoms with Gasteiger partial charge in [0.25, 0.3) is 5.91 Å². The maximum Gasteiger partial charge on any atom is 0.255 e. The molecule has 0 bridgehead atoms. The molecule has 0 radical (unpaired) electrons. The quantitative estimate of drug-likeness (QED) is 0.613. The van der Waals surface area contributed by atoms with E-state index in [0.29, 0.717) is 53.9 Å². The van der Waals surface area contributed by atoms with Gasteiger partial charge in [-0.15, -0.1) is 0 Å². The van der Waals surface area contributed by atoms with Gasteiger partial charge in [-0.25, -0.2) is 4.98 Å². The van der Waals surface area contributed by atoms with Gasteiger partial charge in [0.1, 0.15) is 5.82 Å². The zero-order valence-electron chi connectivity index (χ0n) is 17.0. The minimum atomic E-state index is -0.115. The molecule has 1 aliphatic heterocycles. The van der Waals surface area contributed by atoms with Crippen LogP contribution in [0.1, 0.15) is 43.0 Å². The number of benzene rings is 1. The number of halogens is 2. The largest absolute Gasteiger partial charge is 0.353 e. The highest BCUT2D eigenvalue weighted by molar-refractivity contribution is 6.35. The Morgan fingerprint density at radius 3 is 2.50 bits per heavy atom. The zero-order chi connectivity index (χ0) is 21.5. The highest BCUT2D eigenvalue weighted by atomic mass is 35.5. The van der Waals surface area contributed by atoms with E-state index < -0.39 is 0 Å². The predicted octanol–water partition coefficient (Wildman–Crippen LogP) is 4.87. The van der Waals surface area contributed by atoms with Gasteiger partial charge in [0, 0.05) is 37.6 Å². The van der Waals surface area contributed by atoms with Crippen LogP contribution in [0.15, 0.2) is 36.5 Å². The standard InChI is InChI=1S/C22H26Cl2N4O2/c1-2-3-4-5-21(29)26-17-7-9-20(25-15-17)27-10-12-28(13-11-27)22(30)18-14-16(23)6-8-19(18)24/h6-9,14-15H,2-5,10-13H2,1H3,(H,26,29). The van der Waals surface area contributed by atoms with Crippen molar-refractivity contribution < 1.29 is 9.59 Å². The topological polar surface area (TPSA) is 65.5 Å². The first kappa shape index (κ1) is 22.4. The van der Waals surface area contributed by atoms with Crippen LogP contribution in [0.25, 0.3) is 0 Å². The maximum atomic E-state index is 12.8. The number of amides is 2. The van der Waals surface area contributed by atoms with E-state index in [0.717, 1.165) is 25.1 Å². The minimum absolute atomic E-state index is 0.0183. The molecule has 30 heavy (non-hydrogen) atoms. The Labute approximate surface area is 187 Å². The van der Waals surface area contributed by atoms with Gasteiger partial charge in [0.15, 0.2) is 0 Å². The van der Waals surface area contributed by atoms with Gasteiger partial charge in [-0.3, -0.25) is 9.59 Å². The molecule has 0 saturated carbocycles. The summed E-state index contributed by atoms with van der Waals surface area (Å²) in [5, 5.41) is 3.78. The lowest BCUT2D eigenvalue weighted by Crippen LogP contribution is -2.49. The summed E-state index contributed by atoms with van der Waals surface area (Å²) >= 11 is 12.2. The Hall–Kier alpha value is -2.31. The monoisotopic (exact) mass is 448 g/mol. The Morgan fingerprint density at radius 2 is 1.83 bits per heavy atom. The van der Waals surface area contributed by atoms with Crippen LogP contribution in [0.5, 0.6) is 0 Å². The summed E-state index contributed by atoms with van der Waals surface area (Å²) in [5.41, 5.74) is 1.12. The molecule has 0 spiro atoms. The molecule has 1 aromatic heterocycles. The number of aromatic nitrogens is 1. The molecule has 6 nitrogen and oxygen atoms in total. The fourth-order valence-electron chi connectivity index (χ4n) is 3.38. The molecule has 2 heterocycles. The van der Waals surface area contributed by atoms with E-state index in [4.69, 9.17) is 23.2 Å². The van der Waals surface area contributed by atoms with Crippen molar-refractivity contribution in [2.24, 2.45) is 0 Å². The average Bonchev–Trinajstić information content (AvgIpc) is 2.76. The van der Waals surface area contributed by atoms with Crippen molar-refractivity contribution in [1.82, 2.24) is 9.88 Å². The van der Waals surface area contributed by atoms with E-state index >= 15 is 0 Å². The molecule has 2 amide bonds. The van der Waals surface area contributed by atoms with E-state index in [-0.39, 0.29) is 11.8 Å². The maximum absolute atomic E-state index is 12.8. The zero-order valence-corrected chi connectivity index (χ0v) is 18.5. The van der Waals surface area contributed by atoms with Crippen molar-refractivity contribution in [2.45, 2.75) is 32.6 Å². The number of hydrogen-bond acceptors (Lipinski definition) is 4. The van der Waals surface area contributed by atoms with Crippen LogP contribution >= 0.6 is 23.2 Å². The average molecular weight is 449 g/mol. The molecular formula is C22H26Cl2N4O2. The summed E-state index contributed by atoms with van der Waals surface area (Å²) in [4.78, 5) is 33.1. The number of unbranched alkanes of at least 4 members (excludes halogenated alkanes) is 2. The van der Waals surface area contributed by atoms with Crippen molar-refractivity contribution in [1.29, 1.82) is 0 Å². The van der Waals surface area contributed by atoms with Crippen molar-refractivity contribution in [3.63, 3.8) is 0 Å². The lowest BCUT2D eigenvalue weighted by Gasteiger charge is -2.35. The van der Waals surface area contributed by atoms with Gasteiger partial charge in [-0.1, -0.05) is 43.0 Å². The second kappa shape index (κ2) is 10.6. The van der Waals surface area contributed by atoms with Crippen LogP contribution in [0.4, 0.5) is 11.5 Å². The van der Waals surface area contributed by atoms with Crippen LogP contribution < -0.4 is 10.2 Å². The first-order chi connectivity index (χ1) is 14.5.